The lowest BCUT2D eigenvalue weighted by molar-refractivity contribution is -0.314. The summed E-state index contributed by atoms with van der Waals surface area (Å²) in [5, 5.41) is 0. The molecule has 2 N–H and O–H groups in total. The van der Waals surface area contributed by atoms with Crippen molar-refractivity contribution in [1.29, 1.82) is 0 Å². The molecular weight excluding hydrogens is 680 g/mol. The summed E-state index contributed by atoms with van der Waals surface area (Å²) in [6.07, 6.45) is 6.78. The first-order chi connectivity index (χ1) is 25.4. The zero-order valence-corrected chi connectivity index (χ0v) is 33.6. The number of fused-ring (bicyclic) bond motifs is 5. The molecule has 3 aliphatic carbocycles. The van der Waals surface area contributed by atoms with Crippen LogP contribution in [0.4, 0.5) is 0 Å². The van der Waals surface area contributed by atoms with E-state index in [0.29, 0.717) is 18.4 Å². The van der Waals surface area contributed by atoms with Crippen molar-refractivity contribution in [3.8, 4) is 0 Å². The van der Waals surface area contributed by atoms with Gasteiger partial charge < -0.3 is 48.5 Å². The van der Waals surface area contributed by atoms with Gasteiger partial charge in [-0.25, -0.2) is 0 Å². The van der Waals surface area contributed by atoms with E-state index in [-0.39, 0.29) is 96.9 Å². The number of carbonyl (C=O) groups is 2. The van der Waals surface area contributed by atoms with E-state index >= 15 is 0 Å². The van der Waals surface area contributed by atoms with Gasteiger partial charge in [0.15, 0.2) is 18.4 Å². The van der Waals surface area contributed by atoms with E-state index in [2.05, 4.69) is 38.9 Å². The van der Waals surface area contributed by atoms with Gasteiger partial charge in [-0.15, -0.1) is 0 Å². The number of Topliss-reactive ketones (excluding diaryl/α,β-unsaturated/α-hetero) is 1. The van der Waals surface area contributed by atoms with Crippen LogP contribution in [-0.2, 0) is 47.5 Å². The number of ether oxygens (including phenoxy) is 8. The van der Waals surface area contributed by atoms with Crippen molar-refractivity contribution in [3.05, 3.63) is 11.6 Å². The SMILES string of the molecule is CC[C@H]1CCC[C@H](O[C@H]2CC[C@H](N(C)C)C(C)O2)[C@@H](C)C(=O)C2=C[C@H]3[C@@H]4C[C@H](O[C@@H]5OC(C)[C@H](OC)C(OC)C5OC)C[C@H]4C[C@H](N)[C@H]3[C@@H]2CC(=O)O1. The van der Waals surface area contributed by atoms with Crippen LogP contribution in [0.2, 0.25) is 0 Å². The summed E-state index contributed by atoms with van der Waals surface area (Å²) in [4.78, 5) is 30.5. The Labute approximate surface area is 317 Å². The average molecular weight is 749 g/mol. The number of hydrogen-bond acceptors (Lipinski definition) is 12. The number of rotatable bonds is 9. The molecule has 5 fully saturated rings. The second kappa shape index (κ2) is 17.8. The largest absolute Gasteiger partial charge is 0.462 e. The molecule has 6 rings (SSSR count). The molecule has 302 valence electrons. The highest BCUT2D eigenvalue weighted by atomic mass is 16.7. The Morgan fingerprint density at radius 1 is 0.868 bits per heavy atom. The van der Waals surface area contributed by atoms with Crippen molar-refractivity contribution in [2.75, 3.05) is 35.4 Å². The van der Waals surface area contributed by atoms with Crippen molar-refractivity contribution in [1.82, 2.24) is 4.90 Å². The smallest absolute Gasteiger partial charge is 0.306 e. The number of hydrogen-bond donors (Lipinski definition) is 1. The highest BCUT2D eigenvalue weighted by molar-refractivity contribution is 5.99. The molecule has 0 radical (unpaired) electrons. The topological polar surface area (TPSA) is 137 Å². The standard InChI is InChI=1S/C41H68N2O10/c1-10-25-12-11-13-33(53-35-15-14-32(43(5)6)22(3)49-35)21(2)37(45)30-19-28-27-18-26(16-24(27)17-31(42)36(28)29(30)20-34(44)51-25)52-41-40(48-9)39(47-8)38(46-7)23(4)50-41/h19,21-29,31-33,35-36,38-41H,10-18,20,42H2,1-9H3/t21-,22?,23?,24+,25+,26-,27-,28+,29-,31+,32+,33+,35+,36-,38+,39?,40?,41+/m1/s1. The number of esters is 1. The molecule has 4 unspecified atom stereocenters. The van der Waals surface area contributed by atoms with Crippen LogP contribution in [0.1, 0.15) is 91.9 Å². The molecule has 18 atom stereocenters. The maximum absolute atomic E-state index is 14.7. The van der Waals surface area contributed by atoms with Crippen molar-refractivity contribution in [2.24, 2.45) is 41.2 Å². The van der Waals surface area contributed by atoms with Gasteiger partial charge in [0.05, 0.1) is 30.8 Å². The molecule has 3 saturated heterocycles. The molecule has 6 aliphatic rings. The number of cyclic esters (lactones) is 1. The van der Waals surface area contributed by atoms with Crippen LogP contribution >= 0.6 is 0 Å². The third kappa shape index (κ3) is 8.61. The number of likely N-dealkylation sites (N-methyl/N-ethyl adjacent to an activating group) is 1. The number of ketones is 1. The maximum atomic E-state index is 14.7. The van der Waals surface area contributed by atoms with Crippen LogP contribution < -0.4 is 5.73 Å². The van der Waals surface area contributed by atoms with Crippen molar-refractivity contribution < 1.29 is 47.5 Å². The average Bonchev–Trinajstić information content (AvgIpc) is 3.70. The molecule has 0 spiro atoms. The first-order valence-corrected chi connectivity index (χ1v) is 20.5. The quantitative estimate of drug-likeness (QED) is 0.329. The minimum absolute atomic E-state index is 0.0282. The molecule has 2 saturated carbocycles. The van der Waals surface area contributed by atoms with Gasteiger partial charge in [0.2, 0.25) is 0 Å². The first-order valence-electron chi connectivity index (χ1n) is 20.5. The summed E-state index contributed by atoms with van der Waals surface area (Å²) >= 11 is 0. The van der Waals surface area contributed by atoms with E-state index in [1.165, 1.54) is 0 Å². The highest BCUT2D eigenvalue weighted by Crippen LogP contribution is 2.56. The van der Waals surface area contributed by atoms with Crippen LogP contribution in [0.25, 0.3) is 0 Å². The molecular formula is C41H68N2O10. The van der Waals surface area contributed by atoms with E-state index in [9.17, 15) is 9.59 Å². The van der Waals surface area contributed by atoms with E-state index in [0.717, 1.165) is 56.9 Å². The zero-order valence-electron chi connectivity index (χ0n) is 33.6. The summed E-state index contributed by atoms with van der Waals surface area (Å²) in [6, 6.07) is 0.174. The van der Waals surface area contributed by atoms with Gasteiger partial charge in [-0.05, 0) is 115 Å². The minimum Gasteiger partial charge on any atom is -0.462 e. The van der Waals surface area contributed by atoms with E-state index < -0.39 is 18.3 Å². The predicted octanol–water partition coefficient (Wildman–Crippen LogP) is 4.65. The summed E-state index contributed by atoms with van der Waals surface area (Å²) in [5.74, 6) is -0.228. The van der Waals surface area contributed by atoms with Crippen LogP contribution in [0.3, 0.4) is 0 Å². The van der Waals surface area contributed by atoms with Crippen LogP contribution in [0.5, 0.6) is 0 Å². The van der Waals surface area contributed by atoms with Gasteiger partial charge in [-0.3, -0.25) is 9.59 Å². The van der Waals surface area contributed by atoms with E-state index in [1.54, 1.807) is 21.3 Å². The van der Waals surface area contributed by atoms with Crippen molar-refractivity contribution >= 4 is 11.8 Å². The fourth-order valence-corrected chi connectivity index (χ4v) is 11.1. The Kier molecular flexibility index (Phi) is 13.8. The lowest BCUT2D eigenvalue weighted by atomic mass is 9.64. The Morgan fingerprint density at radius 3 is 2.26 bits per heavy atom. The Morgan fingerprint density at radius 2 is 1.60 bits per heavy atom. The highest BCUT2D eigenvalue weighted by Gasteiger charge is 2.56. The Balaban J connectivity index is 1.22. The molecule has 0 aromatic rings. The third-order valence-corrected chi connectivity index (χ3v) is 13.8. The molecule has 3 heterocycles. The summed E-state index contributed by atoms with van der Waals surface area (Å²) in [5.41, 5.74) is 7.81. The minimum atomic E-state index is -0.608. The van der Waals surface area contributed by atoms with Gasteiger partial charge in [0.1, 0.15) is 24.4 Å². The van der Waals surface area contributed by atoms with Crippen LogP contribution in [0.15, 0.2) is 11.6 Å². The maximum Gasteiger partial charge on any atom is 0.306 e. The zero-order chi connectivity index (χ0) is 38.1. The first kappa shape index (κ1) is 41.2. The molecule has 0 amide bonds. The molecule has 53 heavy (non-hydrogen) atoms. The third-order valence-electron chi connectivity index (χ3n) is 13.8. The molecule has 0 bridgehead atoms. The van der Waals surface area contributed by atoms with E-state index in [1.807, 2.05) is 13.8 Å². The number of methoxy groups -OCH3 is 3. The van der Waals surface area contributed by atoms with E-state index in [4.69, 9.17) is 43.6 Å². The van der Waals surface area contributed by atoms with Crippen molar-refractivity contribution in [3.63, 3.8) is 0 Å². The van der Waals surface area contributed by atoms with Gasteiger partial charge in [0, 0.05) is 45.2 Å². The van der Waals surface area contributed by atoms with Crippen LogP contribution in [0, 0.1) is 35.5 Å². The van der Waals surface area contributed by atoms with Gasteiger partial charge in [-0.2, -0.15) is 0 Å². The fraction of sp³-hybridized carbons (Fsp3) is 0.902. The van der Waals surface area contributed by atoms with Gasteiger partial charge in [-0.1, -0.05) is 19.9 Å². The summed E-state index contributed by atoms with van der Waals surface area (Å²) < 4.78 is 49.7. The molecule has 3 aliphatic heterocycles. The Hall–Kier alpha value is -1.48. The van der Waals surface area contributed by atoms with Gasteiger partial charge in [0.25, 0.3) is 0 Å². The molecule has 0 aromatic heterocycles. The normalized spacial score (nSPS) is 46.8. The lowest BCUT2D eigenvalue weighted by Crippen LogP contribution is -2.59. The predicted molar refractivity (Wildman–Crippen MR) is 198 cm³/mol. The summed E-state index contributed by atoms with van der Waals surface area (Å²) in [6.45, 7) is 8.14. The lowest BCUT2D eigenvalue weighted by Gasteiger charge is -2.44. The Bertz CT molecular complexity index is 1280. The molecule has 12 heteroatoms. The number of carbonyl (C=O) groups excluding carboxylic acids is 2. The second-order valence-corrected chi connectivity index (χ2v) is 17.1. The monoisotopic (exact) mass is 748 g/mol. The number of nitrogens with zero attached hydrogens (tertiary/aromatic N) is 1. The molecule has 12 nitrogen and oxygen atoms in total. The fourth-order valence-electron chi connectivity index (χ4n) is 11.1. The van der Waals surface area contributed by atoms with Crippen LogP contribution in [-0.4, -0.2) is 126 Å². The molecule has 0 aromatic carbocycles. The second-order valence-electron chi connectivity index (χ2n) is 17.1. The number of nitrogens with two attached hydrogens (primary N) is 1. The van der Waals surface area contributed by atoms with Gasteiger partial charge >= 0.3 is 5.97 Å². The number of allylic oxidation sites excluding steroid dienone is 2. The summed E-state index contributed by atoms with van der Waals surface area (Å²) in [7, 11) is 9.13. The van der Waals surface area contributed by atoms with Crippen molar-refractivity contribution in [2.45, 2.75) is 165 Å².